The molecule has 1 aromatic rings. The molecule has 2 N–H and O–H groups in total. The van der Waals surface area contributed by atoms with Crippen molar-refractivity contribution in [2.24, 2.45) is 5.73 Å². The lowest BCUT2D eigenvalue weighted by atomic mass is 10.0. The third kappa shape index (κ3) is 3.21. The average Bonchev–Trinajstić information content (AvgIpc) is 2.17. The van der Waals surface area contributed by atoms with Crippen molar-refractivity contribution < 1.29 is 4.92 Å². The molecule has 1 rings (SSSR count). The molecule has 0 aromatic carbocycles. The van der Waals surface area contributed by atoms with E-state index in [2.05, 4.69) is 4.98 Å². The normalized spacial score (nSPS) is 13.6. The number of hydrogen-bond donors (Lipinski definition) is 1. The van der Waals surface area contributed by atoms with Gasteiger partial charge in [0.1, 0.15) is 5.15 Å². The van der Waals surface area contributed by atoms with E-state index in [1.807, 2.05) is 0 Å². The van der Waals surface area contributed by atoms with Crippen molar-refractivity contribution in [1.29, 1.82) is 0 Å². The zero-order chi connectivity index (χ0) is 11.4. The minimum absolute atomic E-state index is 0.184. The summed E-state index contributed by atoms with van der Waals surface area (Å²) in [4.78, 5) is 13.5. The standard InChI is InChI=1S/C9H10ClN3O2/c1-6(8(11)5-13(14)15)7-2-3-9(10)12-4-7/h2-6H,11H2,1H3/b8-5+. The van der Waals surface area contributed by atoms with Crippen molar-refractivity contribution in [3.63, 3.8) is 0 Å². The van der Waals surface area contributed by atoms with Gasteiger partial charge in [-0.1, -0.05) is 24.6 Å². The molecule has 6 heteroatoms. The van der Waals surface area contributed by atoms with Crippen LogP contribution in [0, 0.1) is 10.1 Å². The fourth-order valence-corrected chi connectivity index (χ4v) is 1.18. The maximum absolute atomic E-state index is 10.2. The number of aromatic nitrogens is 1. The second-order valence-corrected chi connectivity index (χ2v) is 3.44. The Morgan fingerprint density at radius 3 is 2.87 bits per heavy atom. The Morgan fingerprint density at radius 2 is 2.40 bits per heavy atom. The first-order valence-corrected chi connectivity index (χ1v) is 4.60. The van der Waals surface area contributed by atoms with Crippen LogP contribution < -0.4 is 5.73 Å². The molecule has 0 aliphatic carbocycles. The van der Waals surface area contributed by atoms with E-state index in [-0.39, 0.29) is 11.6 Å². The fourth-order valence-electron chi connectivity index (χ4n) is 1.07. The second-order valence-electron chi connectivity index (χ2n) is 3.05. The van der Waals surface area contributed by atoms with Crippen LogP contribution in [0.15, 0.2) is 30.2 Å². The quantitative estimate of drug-likeness (QED) is 0.486. The van der Waals surface area contributed by atoms with Crippen molar-refractivity contribution in [1.82, 2.24) is 4.98 Å². The Labute approximate surface area is 91.7 Å². The summed E-state index contributed by atoms with van der Waals surface area (Å²) < 4.78 is 0. The van der Waals surface area contributed by atoms with Crippen LogP contribution in [-0.4, -0.2) is 9.91 Å². The number of pyridine rings is 1. The van der Waals surface area contributed by atoms with Crippen LogP contribution in [0.4, 0.5) is 0 Å². The van der Waals surface area contributed by atoms with E-state index in [0.717, 1.165) is 11.8 Å². The zero-order valence-electron chi connectivity index (χ0n) is 8.05. The fraction of sp³-hybridized carbons (Fsp3) is 0.222. The molecule has 0 amide bonds. The molecule has 5 nitrogen and oxygen atoms in total. The molecule has 0 saturated heterocycles. The Balaban J connectivity index is 2.89. The number of rotatable bonds is 3. The SMILES string of the molecule is CC(/C(N)=C\[N+](=O)[O-])c1ccc(Cl)nc1. The number of allylic oxidation sites excluding steroid dienone is 1. The lowest BCUT2D eigenvalue weighted by molar-refractivity contribution is -0.403. The molecule has 1 unspecified atom stereocenters. The van der Waals surface area contributed by atoms with E-state index in [1.54, 1.807) is 25.3 Å². The Morgan fingerprint density at radius 1 is 1.73 bits per heavy atom. The van der Waals surface area contributed by atoms with Gasteiger partial charge in [0.15, 0.2) is 0 Å². The van der Waals surface area contributed by atoms with E-state index in [9.17, 15) is 10.1 Å². The second kappa shape index (κ2) is 4.75. The van der Waals surface area contributed by atoms with E-state index in [1.165, 1.54) is 0 Å². The van der Waals surface area contributed by atoms with Crippen LogP contribution in [-0.2, 0) is 0 Å². The smallest absolute Gasteiger partial charge is 0.253 e. The molecule has 1 heterocycles. The van der Waals surface area contributed by atoms with Crippen molar-refractivity contribution in [3.8, 4) is 0 Å². The lowest BCUT2D eigenvalue weighted by Gasteiger charge is -2.09. The monoisotopic (exact) mass is 227 g/mol. The number of nitrogens with zero attached hydrogens (tertiary/aromatic N) is 2. The number of nitrogens with two attached hydrogens (primary N) is 1. The van der Waals surface area contributed by atoms with Crippen LogP contribution in [0.25, 0.3) is 0 Å². The summed E-state index contributed by atoms with van der Waals surface area (Å²) in [6, 6.07) is 3.35. The van der Waals surface area contributed by atoms with Crippen LogP contribution in [0.5, 0.6) is 0 Å². The highest BCUT2D eigenvalue weighted by atomic mass is 35.5. The predicted octanol–water partition coefficient (Wildman–Crippen LogP) is 1.92. The third-order valence-electron chi connectivity index (χ3n) is 2.00. The maximum atomic E-state index is 10.2. The molecular weight excluding hydrogens is 218 g/mol. The highest BCUT2D eigenvalue weighted by molar-refractivity contribution is 6.29. The van der Waals surface area contributed by atoms with Gasteiger partial charge in [0.2, 0.25) is 0 Å². The zero-order valence-corrected chi connectivity index (χ0v) is 8.81. The number of hydrogen-bond acceptors (Lipinski definition) is 4. The van der Waals surface area contributed by atoms with Gasteiger partial charge in [0, 0.05) is 12.1 Å². The molecule has 0 aliphatic rings. The predicted molar refractivity (Wildman–Crippen MR) is 56.9 cm³/mol. The molecule has 0 spiro atoms. The van der Waals surface area contributed by atoms with Crippen LogP contribution in [0.2, 0.25) is 5.15 Å². The summed E-state index contributed by atoms with van der Waals surface area (Å²) in [7, 11) is 0. The molecule has 0 fully saturated rings. The highest BCUT2D eigenvalue weighted by Crippen LogP contribution is 2.20. The molecule has 1 aromatic heterocycles. The van der Waals surface area contributed by atoms with Gasteiger partial charge in [-0.15, -0.1) is 0 Å². The first kappa shape index (κ1) is 11.5. The summed E-state index contributed by atoms with van der Waals surface area (Å²) in [6.45, 7) is 1.76. The largest absolute Gasteiger partial charge is 0.397 e. The van der Waals surface area contributed by atoms with E-state index in [0.29, 0.717) is 5.15 Å². The number of nitro groups is 1. The van der Waals surface area contributed by atoms with Crippen LogP contribution in [0.1, 0.15) is 18.4 Å². The van der Waals surface area contributed by atoms with E-state index >= 15 is 0 Å². The summed E-state index contributed by atoms with van der Waals surface area (Å²) in [5, 5.41) is 10.6. The molecule has 1 atom stereocenters. The van der Waals surface area contributed by atoms with Crippen LogP contribution in [0.3, 0.4) is 0 Å². The van der Waals surface area contributed by atoms with Crippen molar-refractivity contribution in [2.75, 3.05) is 0 Å². The maximum Gasteiger partial charge on any atom is 0.253 e. The van der Waals surface area contributed by atoms with Gasteiger partial charge in [-0.25, -0.2) is 4.98 Å². The van der Waals surface area contributed by atoms with Crippen molar-refractivity contribution in [3.05, 3.63) is 51.1 Å². The molecule has 80 valence electrons. The lowest BCUT2D eigenvalue weighted by Crippen LogP contribution is -2.09. The van der Waals surface area contributed by atoms with Gasteiger partial charge < -0.3 is 5.73 Å². The summed E-state index contributed by atoms with van der Waals surface area (Å²) in [6.07, 6.45) is 2.34. The summed E-state index contributed by atoms with van der Waals surface area (Å²) in [5.74, 6) is -0.250. The first-order chi connectivity index (χ1) is 7.00. The molecule has 15 heavy (non-hydrogen) atoms. The Kier molecular flexibility index (Phi) is 3.62. The Hall–Kier alpha value is -1.62. The van der Waals surface area contributed by atoms with Crippen molar-refractivity contribution in [2.45, 2.75) is 12.8 Å². The molecule has 0 bridgehead atoms. The van der Waals surface area contributed by atoms with Gasteiger partial charge in [0.25, 0.3) is 6.20 Å². The average molecular weight is 228 g/mol. The first-order valence-electron chi connectivity index (χ1n) is 4.23. The summed E-state index contributed by atoms with van der Waals surface area (Å²) in [5.41, 5.74) is 6.52. The van der Waals surface area contributed by atoms with Gasteiger partial charge in [-0.05, 0) is 11.6 Å². The molecular formula is C9H10ClN3O2. The molecule has 0 saturated carbocycles. The Bertz CT molecular complexity index is 389. The van der Waals surface area contributed by atoms with Gasteiger partial charge >= 0.3 is 0 Å². The molecule has 0 radical (unpaired) electrons. The van der Waals surface area contributed by atoms with E-state index in [4.69, 9.17) is 17.3 Å². The minimum Gasteiger partial charge on any atom is -0.397 e. The van der Waals surface area contributed by atoms with Gasteiger partial charge in [0.05, 0.1) is 10.6 Å². The molecule has 0 aliphatic heterocycles. The third-order valence-corrected chi connectivity index (χ3v) is 2.23. The number of halogens is 1. The minimum atomic E-state index is -0.574. The topological polar surface area (TPSA) is 82.0 Å². The van der Waals surface area contributed by atoms with Crippen LogP contribution >= 0.6 is 11.6 Å². The highest BCUT2D eigenvalue weighted by Gasteiger charge is 2.11. The van der Waals surface area contributed by atoms with Crippen molar-refractivity contribution >= 4 is 11.6 Å². The van der Waals surface area contributed by atoms with Gasteiger partial charge in [-0.2, -0.15) is 0 Å². The van der Waals surface area contributed by atoms with Gasteiger partial charge in [-0.3, -0.25) is 10.1 Å². The summed E-state index contributed by atoms with van der Waals surface area (Å²) >= 11 is 5.62. The van der Waals surface area contributed by atoms with E-state index < -0.39 is 4.92 Å².